The number of piperidine rings is 1. The molecule has 2 nitrogen and oxygen atoms in total. The van der Waals surface area contributed by atoms with Crippen LogP contribution >= 0.6 is 0 Å². The molecular formula is C18H25FN2. The number of hydrogen-bond donors (Lipinski definition) is 1. The van der Waals surface area contributed by atoms with Gasteiger partial charge in [-0.3, -0.25) is 0 Å². The van der Waals surface area contributed by atoms with Gasteiger partial charge in [-0.25, -0.2) is 4.39 Å². The number of halogens is 1. The van der Waals surface area contributed by atoms with Gasteiger partial charge < -0.3 is 10.2 Å². The molecular weight excluding hydrogens is 263 g/mol. The van der Waals surface area contributed by atoms with Crippen molar-refractivity contribution in [3.63, 3.8) is 0 Å². The highest BCUT2D eigenvalue weighted by molar-refractivity contribution is 5.21. The van der Waals surface area contributed by atoms with Gasteiger partial charge in [0.15, 0.2) is 0 Å². The van der Waals surface area contributed by atoms with E-state index in [4.69, 9.17) is 0 Å². The van der Waals surface area contributed by atoms with Crippen molar-refractivity contribution < 1.29 is 4.39 Å². The average molecular weight is 288 g/mol. The van der Waals surface area contributed by atoms with Crippen LogP contribution in [0.5, 0.6) is 0 Å². The third-order valence-electron chi connectivity index (χ3n) is 5.12. The molecule has 2 heterocycles. The van der Waals surface area contributed by atoms with Crippen molar-refractivity contribution in [2.24, 2.45) is 11.8 Å². The van der Waals surface area contributed by atoms with Crippen LogP contribution in [0.15, 0.2) is 36.9 Å². The van der Waals surface area contributed by atoms with Crippen molar-refractivity contribution in [1.82, 2.24) is 10.2 Å². The summed E-state index contributed by atoms with van der Waals surface area (Å²) in [4.78, 5) is 2.59. The van der Waals surface area contributed by atoms with Crippen LogP contribution in [0.4, 0.5) is 4.39 Å². The van der Waals surface area contributed by atoms with Crippen molar-refractivity contribution >= 4 is 0 Å². The molecule has 114 valence electrons. The first kappa shape index (κ1) is 14.7. The summed E-state index contributed by atoms with van der Waals surface area (Å²) in [7, 11) is 0. The van der Waals surface area contributed by atoms with Crippen molar-refractivity contribution in [3.8, 4) is 0 Å². The first-order valence-corrected chi connectivity index (χ1v) is 8.07. The Morgan fingerprint density at radius 3 is 2.57 bits per heavy atom. The predicted molar refractivity (Wildman–Crippen MR) is 84.9 cm³/mol. The van der Waals surface area contributed by atoms with Gasteiger partial charge in [0.25, 0.3) is 0 Å². The highest BCUT2D eigenvalue weighted by atomic mass is 19.1. The number of benzene rings is 1. The van der Waals surface area contributed by atoms with E-state index in [0.717, 1.165) is 26.2 Å². The first-order chi connectivity index (χ1) is 10.3. The molecule has 0 aromatic heterocycles. The summed E-state index contributed by atoms with van der Waals surface area (Å²) >= 11 is 0. The molecule has 0 amide bonds. The van der Waals surface area contributed by atoms with Crippen LogP contribution in [0, 0.1) is 17.7 Å². The summed E-state index contributed by atoms with van der Waals surface area (Å²) in [6.45, 7) is 9.65. The zero-order chi connectivity index (χ0) is 14.7. The molecule has 2 aliphatic rings. The second-order valence-corrected chi connectivity index (χ2v) is 6.44. The van der Waals surface area contributed by atoms with E-state index in [1.165, 1.54) is 24.9 Å². The van der Waals surface area contributed by atoms with Crippen LogP contribution in [0.2, 0.25) is 0 Å². The summed E-state index contributed by atoms with van der Waals surface area (Å²) in [6.07, 6.45) is 4.48. The minimum Gasteiger partial charge on any atom is -0.316 e. The number of hydrogen-bond acceptors (Lipinski definition) is 2. The maximum Gasteiger partial charge on any atom is 0.123 e. The van der Waals surface area contributed by atoms with Gasteiger partial charge in [-0.1, -0.05) is 18.2 Å². The molecule has 1 N–H and O–H groups in total. The molecule has 0 radical (unpaired) electrons. The Kier molecular flexibility index (Phi) is 4.71. The van der Waals surface area contributed by atoms with Crippen molar-refractivity contribution in [1.29, 1.82) is 0 Å². The Morgan fingerprint density at radius 1 is 1.19 bits per heavy atom. The standard InChI is InChI=1S/C18H25FN2/c1-2-14-11-20-12-17(14)13-21-9-7-16(8-10-21)15-3-5-18(19)6-4-15/h2-6,14,16-17,20H,1,7-13H2/t14?,17-/m0/s1. The number of nitrogens with one attached hydrogen (secondary N) is 1. The third-order valence-corrected chi connectivity index (χ3v) is 5.12. The SMILES string of the molecule is C=CC1CNC[C@H]1CN1CCC(c2ccc(F)cc2)CC1. The lowest BCUT2D eigenvalue weighted by Crippen LogP contribution is -2.38. The Morgan fingerprint density at radius 2 is 1.90 bits per heavy atom. The van der Waals surface area contributed by atoms with Gasteiger partial charge in [0, 0.05) is 13.1 Å². The molecule has 2 aliphatic heterocycles. The molecule has 3 heteroatoms. The molecule has 1 aromatic rings. The van der Waals surface area contributed by atoms with Crippen LogP contribution in [0.25, 0.3) is 0 Å². The molecule has 2 fully saturated rings. The molecule has 21 heavy (non-hydrogen) atoms. The third kappa shape index (κ3) is 3.53. The minimum absolute atomic E-state index is 0.139. The average Bonchev–Trinajstić information content (AvgIpc) is 2.96. The van der Waals surface area contributed by atoms with E-state index in [1.54, 1.807) is 12.1 Å². The molecule has 3 rings (SSSR count). The molecule has 0 saturated carbocycles. The van der Waals surface area contributed by atoms with Gasteiger partial charge in [-0.15, -0.1) is 6.58 Å². The summed E-state index contributed by atoms with van der Waals surface area (Å²) < 4.78 is 13.0. The largest absolute Gasteiger partial charge is 0.316 e. The Bertz CT molecular complexity index is 463. The van der Waals surface area contributed by atoms with Crippen molar-refractivity contribution in [3.05, 3.63) is 48.3 Å². The van der Waals surface area contributed by atoms with E-state index >= 15 is 0 Å². The lowest BCUT2D eigenvalue weighted by molar-refractivity contribution is 0.179. The smallest absolute Gasteiger partial charge is 0.123 e. The van der Waals surface area contributed by atoms with Crippen LogP contribution in [0.1, 0.15) is 24.3 Å². The highest BCUT2D eigenvalue weighted by Crippen LogP contribution is 2.29. The van der Waals surface area contributed by atoms with Gasteiger partial charge in [0.2, 0.25) is 0 Å². The quantitative estimate of drug-likeness (QED) is 0.857. The molecule has 0 aliphatic carbocycles. The molecule has 0 bridgehead atoms. The Balaban J connectivity index is 1.51. The second-order valence-electron chi connectivity index (χ2n) is 6.44. The van der Waals surface area contributed by atoms with Gasteiger partial charge in [-0.05, 0) is 67.9 Å². The van der Waals surface area contributed by atoms with Gasteiger partial charge >= 0.3 is 0 Å². The summed E-state index contributed by atoms with van der Waals surface area (Å²) in [6, 6.07) is 7.07. The van der Waals surface area contributed by atoms with Gasteiger partial charge in [0.1, 0.15) is 5.82 Å². The number of likely N-dealkylation sites (tertiary alicyclic amines) is 1. The Labute approximate surface area is 127 Å². The fourth-order valence-corrected chi connectivity index (χ4v) is 3.74. The van der Waals surface area contributed by atoms with Crippen LogP contribution in [0.3, 0.4) is 0 Å². The zero-order valence-corrected chi connectivity index (χ0v) is 12.6. The molecule has 2 saturated heterocycles. The molecule has 0 spiro atoms. The van der Waals surface area contributed by atoms with Gasteiger partial charge in [0.05, 0.1) is 0 Å². The van der Waals surface area contributed by atoms with Crippen LogP contribution in [-0.2, 0) is 0 Å². The monoisotopic (exact) mass is 288 g/mol. The van der Waals surface area contributed by atoms with Crippen LogP contribution in [-0.4, -0.2) is 37.6 Å². The highest BCUT2D eigenvalue weighted by Gasteiger charge is 2.28. The van der Waals surface area contributed by atoms with E-state index in [-0.39, 0.29) is 5.82 Å². The molecule has 1 aromatic carbocycles. The normalized spacial score (nSPS) is 27.9. The van der Waals surface area contributed by atoms with E-state index in [9.17, 15) is 4.39 Å². The number of rotatable bonds is 4. The van der Waals surface area contributed by atoms with Crippen LogP contribution < -0.4 is 5.32 Å². The Hall–Kier alpha value is -1.19. The van der Waals surface area contributed by atoms with E-state index < -0.39 is 0 Å². The molecule has 2 atom stereocenters. The van der Waals surface area contributed by atoms with Crippen molar-refractivity contribution in [2.75, 3.05) is 32.7 Å². The minimum atomic E-state index is -0.139. The topological polar surface area (TPSA) is 15.3 Å². The van der Waals surface area contributed by atoms with Gasteiger partial charge in [-0.2, -0.15) is 0 Å². The first-order valence-electron chi connectivity index (χ1n) is 8.07. The zero-order valence-electron chi connectivity index (χ0n) is 12.6. The van der Waals surface area contributed by atoms with Crippen molar-refractivity contribution in [2.45, 2.75) is 18.8 Å². The summed E-state index contributed by atoms with van der Waals surface area (Å²) in [5.74, 6) is 1.80. The maximum atomic E-state index is 13.0. The predicted octanol–water partition coefficient (Wildman–Crippen LogP) is 3.03. The molecule has 1 unspecified atom stereocenters. The van der Waals surface area contributed by atoms with E-state index in [2.05, 4.69) is 22.9 Å². The fraction of sp³-hybridized carbons (Fsp3) is 0.556. The lowest BCUT2D eigenvalue weighted by Gasteiger charge is -2.34. The lowest BCUT2D eigenvalue weighted by atomic mass is 9.88. The maximum absolute atomic E-state index is 13.0. The number of nitrogens with zero attached hydrogens (tertiary/aromatic N) is 1. The van der Waals surface area contributed by atoms with E-state index in [1.807, 2.05) is 12.1 Å². The second kappa shape index (κ2) is 6.71. The summed E-state index contributed by atoms with van der Waals surface area (Å²) in [5.41, 5.74) is 1.29. The summed E-state index contributed by atoms with van der Waals surface area (Å²) in [5, 5.41) is 3.47. The van der Waals surface area contributed by atoms with E-state index in [0.29, 0.717) is 17.8 Å². The fourth-order valence-electron chi connectivity index (χ4n) is 3.74.